The van der Waals surface area contributed by atoms with Gasteiger partial charge in [0.05, 0.1) is 17.5 Å². The molecule has 0 atom stereocenters. The maximum Gasteiger partial charge on any atom is 0.335 e. The van der Waals surface area contributed by atoms with Crippen LogP contribution in [-0.4, -0.2) is 39.7 Å². The number of aromatic carboxylic acids is 1. The summed E-state index contributed by atoms with van der Waals surface area (Å²) in [5, 5.41) is 20.1. The Balaban J connectivity index is 2.47. The van der Waals surface area contributed by atoms with Gasteiger partial charge in [-0.25, -0.2) is 13.2 Å². The van der Waals surface area contributed by atoms with Crippen molar-refractivity contribution in [3.63, 3.8) is 0 Å². The second kappa shape index (κ2) is 5.60. The number of hydrogen-bond donors (Lipinski definition) is 1. The fourth-order valence-corrected chi connectivity index (χ4v) is 3.43. The SMILES string of the molecule is CCc1ccc(C(=O)O)cc1S(=O)(=O)Cc1nnn(C)n1. The van der Waals surface area contributed by atoms with E-state index in [0.29, 0.717) is 12.0 Å². The number of benzene rings is 1. The lowest BCUT2D eigenvalue weighted by Crippen LogP contribution is -2.11. The van der Waals surface area contributed by atoms with E-state index in [2.05, 4.69) is 15.4 Å². The summed E-state index contributed by atoms with van der Waals surface area (Å²) in [6, 6.07) is 4.08. The third kappa shape index (κ3) is 3.24. The number of carbonyl (C=O) groups is 1. The maximum atomic E-state index is 12.5. The van der Waals surface area contributed by atoms with Gasteiger partial charge in [0.25, 0.3) is 0 Å². The molecule has 1 aromatic heterocycles. The van der Waals surface area contributed by atoms with E-state index in [9.17, 15) is 13.2 Å². The topological polar surface area (TPSA) is 115 Å². The van der Waals surface area contributed by atoms with Crippen LogP contribution >= 0.6 is 0 Å². The summed E-state index contributed by atoms with van der Waals surface area (Å²) < 4.78 is 24.9. The summed E-state index contributed by atoms with van der Waals surface area (Å²) in [6.07, 6.45) is 0.475. The Labute approximate surface area is 121 Å². The van der Waals surface area contributed by atoms with Gasteiger partial charge in [0.15, 0.2) is 15.7 Å². The minimum Gasteiger partial charge on any atom is -0.478 e. The summed E-state index contributed by atoms with van der Waals surface area (Å²) in [6.45, 7) is 1.80. The molecule has 0 saturated heterocycles. The van der Waals surface area contributed by atoms with Gasteiger partial charge in [-0.2, -0.15) is 4.80 Å². The largest absolute Gasteiger partial charge is 0.478 e. The second-order valence-corrected chi connectivity index (χ2v) is 6.39. The molecule has 0 fully saturated rings. The van der Waals surface area contributed by atoms with Gasteiger partial charge in [0.1, 0.15) is 5.75 Å². The lowest BCUT2D eigenvalue weighted by molar-refractivity contribution is 0.0696. The summed E-state index contributed by atoms with van der Waals surface area (Å²) in [4.78, 5) is 12.2. The molecule has 2 aromatic rings. The van der Waals surface area contributed by atoms with Crippen molar-refractivity contribution in [1.29, 1.82) is 0 Å². The van der Waals surface area contributed by atoms with Crippen LogP contribution in [0.3, 0.4) is 0 Å². The van der Waals surface area contributed by atoms with E-state index in [0.717, 1.165) is 0 Å². The van der Waals surface area contributed by atoms with Crippen LogP contribution in [0.2, 0.25) is 0 Å². The molecule has 8 nitrogen and oxygen atoms in total. The molecule has 0 radical (unpaired) electrons. The Morgan fingerprint density at radius 2 is 2.10 bits per heavy atom. The molecule has 0 bridgehead atoms. The van der Waals surface area contributed by atoms with Gasteiger partial charge >= 0.3 is 5.97 Å². The van der Waals surface area contributed by atoms with Crippen LogP contribution in [-0.2, 0) is 29.1 Å². The Kier molecular flexibility index (Phi) is 4.03. The Hall–Kier alpha value is -2.29. The van der Waals surface area contributed by atoms with Crippen molar-refractivity contribution in [2.24, 2.45) is 7.05 Å². The number of aromatic nitrogens is 4. The van der Waals surface area contributed by atoms with Crippen LogP contribution in [0, 0.1) is 0 Å². The zero-order valence-corrected chi connectivity index (χ0v) is 12.3. The number of rotatable bonds is 5. The Morgan fingerprint density at radius 3 is 2.62 bits per heavy atom. The van der Waals surface area contributed by atoms with E-state index >= 15 is 0 Å². The molecule has 0 saturated carbocycles. The Morgan fingerprint density at radius 1 is 1.38 bits per heavy atom. The standard InChI is InChI=1S/C12H14N4O4S/c1-3-8-4-5-9(12(17)18)6-10(8)21(19,20)7-11-13-15-16(2)14-11/h4-6H,3,7H2,1-2H3,(H,17,18). The number of carboxylic acid groups (broad SMARTS) is 1. The lowest BCUT2D eigenvalue weighted by atomic mass is 10.1. The summed E-state index contributed by atoms with van der Waals surface area (Å²) in [5.41, 5.74) is 0.488. The summed E-state index contributed by atoms with van der Waals surface area (Å²) in [5.74, 6) is -1.52. The fourth-order valence-electron chi connectivity index (χ4n) is 1.90. The molecular formula is C12H14N4O4S. The lowest BCUT2D eigenvalue weighted by Gasteiger charge is -2.09. The van der Waals surface area contributed by atoms with Crippen molar-refractivity contribution in [3.05, 3.63) is 35.2 Å². The normalized spacial score (nSPS) is 11.5. The molecule has 1 heterocycles. The van der Waals surface area contributed by atoms with Gasteiger partial charge in [-0.15, -0.1) is 10.2 Å². The zero-order valence-electron chi connectivity index (χ0n) is 11.5. The predicted octanol–water partition coefficient (Wildman–Crippen LogP) is 0.445. The third-order valence-corrected chi connectivity index (χ3v) is 4.59. The quantitative estimate of drug-likeness (QED) is 0.852. The monoisotopic (exact) mass is 310 g/mol. The van der Waals surface area contributed by atoms with Crippen molar-refractivity contribution in [2.75, 3.05) is 0 Å². The van der Waals surface area contributed by atoms with Gasteiger partial charge in [0.2, 0.25) is 0 Å². The van der Waals surface area contributed by atoms with Crippen molar-refractivity contribution in [2.45, 2.75) is 24.0 Å². The summed E-state index contributed by atoms with van der Waals surface area (Å²) >= 11 is 0. The molecule has 0 aliphatic rings. The molecule has 0 aliphatic carbocycles. The minimum absolute atomic E-state index is 0.00245. The minimum atomic E-state index is -3.74. The first-order valence-corrected chi connectivity index (χ1v) is 7.80. The molecule has 0 unspecified atom stereocenters. The van der Waals surface area contributed by atoms with Gasteiger partial charge < -0.3 is 5.11 Å². The van der Waals surface area contributed by atoms with Gasteiger partial charge in [-0.05, 0) is 29.3 Å². The van der Waals surface area contributed by atoms with Gasteiger partial charge in [-0.3, -0.25) is 0 Å². The molecule has 1 aromatic carbocycles. The maximum absolute atomic E-state index is 12.5. The van der Waals surface area contributed by atoms with Crippen molar-refractivity contribution in [1.82, 2.24) is 20.2 Å². The van der Waals surface area contributed by atoms with Crippen molar-refractivity contribution in [3.8, 4) is 0 Å². The first-order valence-electron chi connectivity index (χ1n) is 6.15. The van der Waals surface area contributed by atoms with E-state index in [4.69, 9.17) is 5.11 Å². The fraction of sp³-hybridized carbons (Fsp3) is 0.333. The Bertz CT molecular complexity index is 782. The molecule has 112 valence electrons. The number of aryl methyl sites for hydroxylation is 2. The highest BCUT2D eigenvalue weighted by Crippen LogP contribution is 2.22. The van der Waals surface area contributed by atoms with E-state index in [1.165, 1.54) is 30.0 Å². The van der Waals surface area contributed by atoms with Crippen LogP contribution in [0.1, 0.15) is 28.7 Å². The van der Waals surface area contributed by atoms with Gasteiger partial charge in [-0.1, -0.05) is 13.0 Å². The number of nitrogens with zero attached hydrogens (tertiary/aromatic N) is 4. The summed E-state index contributed by atoms with van der Waals surface area (Å²) in [7, 11) is -2.21. The van der Waals surface area contributed by atoms with E-state index in [1.54, 1.807) is 6.92 Å². The van der Waals surface area contributed by atoms with Crippen LogP contribution in [0.25, 0.3) is 0 Å². The highest BCUT2D eigenvalue weighted by atomic mass is 32.2. The highest BCUT2D eigenvalue weighted by molar-refractivity contribution is 7.90. The average Bonchev–Trinajstić information content (AvgIpc) is 2.82. The number of hydrogen-bond acceptors (Lipinski definition) is 6. The second-order valence-electron chi connectivity index (χ2n) is 4.44. The van der Waals surface area contributed by atoms with E-state index < -0.39 is 21.6 Å². The van der Waals surface area contributed by atoms with E-state index in [-0.39, 0.29) is 16.3 Å². The molecular weight excluding hydrogens is 296 g/mol. The molecule has 0 amide bonds. The van der Waals surface area contributed by atoms with Crippen molar-refractivity contribution >= 4 is 15.8 Å². The average molecular weight is 310 g/mol. The van der Waals surface area contributed by atoms with Crippen LogP contribution in [0.5, 0.6) is 0 Å². The highest BCUT2D eigenvalue weighted by Gasteiger charge is 2.22. The third-order valence-electron chi connectivity index (χ3n) is 2.90. The van der Waals surface area contributed by atoms with Crippen LogP contribution in [0.15, 0.2) is 23.1 Å². The first-order chi connectivity index (χ1) is 9.83. The number of carboxylic acids is 1. The molecule has 2 rings (SSSR count). The molecule has 1 N–H and O–H groups in total. The van der Waals surface area contributed by atoms with Crippen LogP contribution in [0.4, 0.5) is 0 Å². The number of sulfone groups is 1. The zero-order chi connectivity index (χ0) is 15.6. The number of tetrazole rings is 1. The van der Waals surface area contributed by atoms with Crippen molar-refractivity contribution < 1.29 is 18.3 Å². The smallest absolute Gasteiger partial charge is 0.335 e. The van der Waals surface area contributed by atoms with Gasteiger partial charge in [0, 0.05) is 0 Å². The predicted molar refractivity (Wildman–Crippen MR) is 72.5 cm³/mol. The molecule has 0 spiro atoms. The van der Waals surface area contributed by atoms with Crippen LogP contribution < -0.4 is 0 Å². The van der Waals surface area contributed by atoms with E-state index in [1.807, 2.05) is 0 Å². The molecule has 0 aliphatic heterocycles. The first kappa shape index (κ1) is 15.1. The molecule has 9 heteroatoms. The molecule has 21 heavy (non-hydrogen) atoms.